The molecule has 0 unspecified atom stereocenters. The topological polar surface area (TPSA) is 76.4 Å². The van der Waals surface area contributed by atoms with Crippen LogP contribution in [0.15, 0.2) is 42.5 Å². The summed E-state index contributed by atoms with van der Waals surface area (Å²) in [5.74, 6) is 0.888. The zero-order chi connectivity index (χ0) is 17.4. The summed E-state index contributed by atoms with van der Waals surface area (Å²) >= 11 is 6.03. The lowest BCUT2D eigenvalue weighted by atomic mass is 10.2. The van der Waals surface area contributed by atoms with Gasteiger partial charge in [0.15, 0.2) is 0 Å². The van der Waals surface area contributed by atoms with Gasteiger partial charge >= 0.3 is 0 Å². The molecule has 0 heterocycles. The summed E-state index contributed by atoms with van der Waals surface area (Å²) < 4.78 is 5.58. The molecule has 0 bridgehead atoms. The third-order valence-corrected chi connectivity index (χ3v) is 3.68. The molecule has 0 aliphatic rings. The Morgan fingerprint density at radius 3 is 2.64 bits per heavy atom. The number of para-hydroxylation sites is 1. The number of hydrogen-bond acceptors (Lipinski definition) is 5. The second-order valence-electron chi connectivity index (χ2n) is 5.07. The highest BCUT2D eigenvalue weighted by Gasteiger charge is 2.08. The van der Waals surface area contributed by atoms with Crippen molar-refractivity contribution in [2.75, 3.05) is 25.0 Å². The fourth-order valence-electron chi connectivity index (χ4n) is 2.22. The molecule has 0 fully saturated rings. The van der Waals surface area contributed by atoms with E-state index in [0.717, 1.165) is 11.3 Å². The Morgan fingerprint density at radius 1 is 1.20 bits per heavy atom. The summed E-state index contributed by atoms with van der Waals surface area (Å²) in [4.78, 5) is 10.2. The first-order valence-electron chi connectivity index (χ1n) is 7.71. The molecule has 136 valence electrons. The molecular weight excluding hydrogens is 365 g/mol. The van der Waals surface area contributed by atoms with Crippen molar-refractivity contribution in [1.82, 2.24) is 5.32 Å². The molecule has 2 aromatic carbocycles. The average molecular weight is 386 g/mol. The monoisotopic (exact) mass is 385 g/mol. The van der Waals surface area contributed by atoms with Gasteiger partial charge in [-0.3, -0.25) is 10.1 Å². The molecule has 6 nitrogen and oxygen atoms in total. The Balaban J connectivity index is 0.00000312. The predicted molar refractivity (Wildman–Crippen MR) is 103 cm³/mol. The van der Waals surface area contributed by atoms with E-state index in [-0.39, 0.29) is 18.1 Å². The Kier molecular flexibility index (Phi) is 9.05. The van der Waals surface area contributed by atoms with Gasteiger partial charge in [0.25, 0.3) is 5.69 Å². The number of ether oxygens (including phenoxy) is 1. The van der Waals surface area contributed by atoms with Crippen LogP contribution in [-0.4, -0.2) is 24.6 Å². The van der Waals surface area contributed by atoms with E-state index in [9.17, 15) is 10.1 Å². The van der Waals surface area contributed by atoms with Crippen LogP contribution in [0.2, 0.25) is 5.02 Å². The minimum absolute atomic E-state index is 0. The van der Waals surface area contributed by atoms with Crippen molar-refractivity contribution >= 4 is 35.4 Å². The van der Waals surface area contributed by atoms with Crippen LogP contribution in [0.4, 0.5) is 11.4 Å². The molecule has 0 aliphatic heterocycles. The van der Waals surface area contributed by atoms with E-state index < -0.39 is 4.92 Å². The highest BCUT2D eigenvalue weighted by atomic mass is 35.5. The summed E-state index contributed by atoms with van der Waals surface area (Å²) in [7, 11) is 0. The van der Waals surface area contributed by atoms with Crippen LogP contribution >= 0.6 is 24.0 Å². The lowest BCUT2D eigenvalue weighted by Crippen LogP contribution is -2.22. The number of hydrogen-bond donors (Lipinski definition) is 2. The van der Waals surface area contributed by atoms with Crippen LogP contribution in [0.5, 0.6) is 5.75 Å². The molecule has 0 saturated heterocycles. The molecule has 2 aromatic rings. The van der Waals surface area contributed by atoms with Gasteiger partial charge in [0.2, 0.25) is 0 Å². The number of rotatable bonds is 9. The van der Waals surface area contributed by atoms with Crippen LogP contribution < -0.4 is 15.4 Å². The number of nitro benzene ring substituents is 1. The van der Waals surface area contributed by atoms with E-state index in [0.29, 0.717) is 37.0 Å². The van der Waals surface area contributed by atoms with E-state index in [1.54, 1.807) is 6.07 Å². The van der Waals surface area contributed by atoms with Crippen molar-refractivity contribution in [3.8, 4) is 5.75 Å². The SMILES string of the molecule is CCOc1ccccc1CNCCNc1ccc([N+](=O)[O-])cc1Cl.Cl. The summed E-state index contributed by atoms with van der Waals surface area (Å²) in [6, 6.07) is 12.3. The minimum atomic E-state index is -0.465. The highest BCUT2D eigenvalue weighted by Crippen LogP contribution is 2.26. The molecule has 0 saturated carbocycles. The minimum Gasteiger partial charge on any atom is -0.494 e. The van der Waals surface area contributed by atoms with Gasteiger partial charge in [-0.1, -0.05) is 29.8 Å². The second-order valence-corrected chi connectivity index (χ2v) is 5.47. The molecule has 8 heteroatoms. The maximum atomic E-state index is 10.7. The van der Waals surface area contributed by atoms with E-state index >= 15 is 0 Å². The van der Waals surface area contributed by atoms with E-state index in [1.165, 1.54) is 12.1 Å². The van der Waals surface area contributed by atoms with Crippen molar-refractivity contribution in [2.24, 2.45) is 0 Å². The van der Waals surface area contributed by atoms with Crippen molar-refractivity contribution in [3.63, 3.8) is 0 Å². The zero-order valence-corrected chi connectivity index (χ0v) is 15.4. The van der Waals surface area contributed by atoms with Crippen LogP contribution in [0.1, 0.15) is 12.5 Å². The number of anilines is 1. The van der Waals surface area contributed by atoms with Crippen molar-refractivity contribution < 1.29 is 9.66 Å². The van der Waals surface area contributed by atoms with Gasteiger partial charge in [-0.25, -0.2) is 0 Å². The first-order chi connectivity index (χ1) is 11.6. The Morgan fingerprint density at radius 2 is 1.96 bits per heavy atom. The van der Waals surface area contributed by atoms with E-state index in [4.69, 9.17) is 16.3 Å². The molecule has 0 radical (unpaired) electrons. The number of nitrogens with zero attached hydrogens (tertiary/aromatic N) is 1. The molecule has 0 atom stereocenters. The van der Waals surface area contributed by atoms with Crippen LogP contribution in [0.25, 0.3) is 0 Å². The molecule has 25 heavy (non-hydrogen) atoms. The summed E-state index contributed by atoms with van der Waals surface area (Å²) in [5.41, 5.74) is 1.77. The number of nitrogens with one attached hydrogen (secondary N) is 2. The van der Waals surface area contributed by atoms with Gasteiger partial charge in [-0.2, -0.15) is 0 Å². The lowest BCUT2D eigenvalue weighted by Gasteiger charge is -2.12. The van der Waals surface area contributed by atoms with Gasteiger partial charge < -0.3 is 15.4 Å². The molecule has 0 aromatic heterocycles. The summed E-state index contributed by atoms with van der Waals surface area (Å²) in [6.07, 6.45) is 0. The maximum Gasteiger partial charge on any atom is 0.271 e. The summed E-state index contributed by atoms with van der Waals surface area (Å²) in [6.45, 7) is 4.66. The summed E-state index contributed by atoms with van der Waals surface area (Å²) in [5, 5.41) is 17.5. The maximum absolute atomic E-state index is 10.7. The predicted octanol–water partition coefficient (Wildman–Crippen LogP) is 4.27. The number of benzene rings is 2. The Hall–Kier alpha value is -2.02. The quantitative estimate of drug-likeness (QED) is 0.382. The largest absolute Gasteiger partial charge is 0.494 e. The van der Waals surface area contributed by atoms with Crippen molar-refractivity contribution in [1.29, 1.82) is 0 Å². The van der Waals surface area contributed by atoms with Crippen molar-refractivity contribution in [3.05, 3.63) is 63.2 Å². The van der Waals surface area contributed by atoms with E-state index in [1.807, 2.05) is 31.2 Å². The van der Waals surface area contributed by atoms with Gasteiger partial charge in [0.1, 0.15) is 5.75 Å². The third kappa shape index (κ3) is 6.42. The Labute approximate surface area is 158 Å². The first kappa shape index (κ1) is 21.0. The number of nitro groups is 1. The van der Waals surface area contributed by atoms with Crippen LogP contribution in [-0.2, 0) is 6.54 Å². The third-order valence-electron chi connectivity index (χ3n) is 3.37. The fraction of sp³-hybridized carbons (Fsp3) is 0.294. The molecular formula is C17H21Cl2N3O3. The van der Waals surface area contributed by atoms with E-state index in [2.05, 4.69) is 10.6 Å². The molecule has 2 N–H and O–H groups in total. The highest BCUT2D eigenvalue weighted by molar-refractivity contribution is 6.33. The molecule has 0 aliphatic carbocycles. The average Bonchev–Trinajstić information content (AvgIpc) is 2.57. The molecule has 0 spiro atoms. The molecule has 2 rings (SSSR count). The van der Waals surface area contributed by atoms with Gasteiger partial charge in [-0.05, 0) is 19.1 Å². The lowest BCUT2D eigenvalue weighted by molar-refractivity contribution is -0.384. The molecule has 0 amide bonds. The van der Waals surface area contributed by atoms with Gasteiger partial charge in [-0.15, -0.1) is 12.4 Å². The van der Waals surface area contributed by atoms with Gasteiger partial charge in [0, 0.05) is 37.3 Å². The first-order valence-corrected chi connectivity index (χ1v) is 8.09. The van der Waals surface area contributed by atoms with Crippen LogP contribution in [0.3, 0.4) is 0 Å². The van der Waals surface area contributed by atoms with Crippen LogP contribution in [0, 0.1) is 10.1 Å². The number of non-ortho nitro benzene ring substituents is 1. The standard InChI is InChI=1S/C17H20ClN3O3.ClH/c1-2-24-17-6-4-3-5-13(17)12-19-9-10-20-16-8-7-14(21(22)23)11-15(16)18;/h3-8,11,19-20H,2,9-10,12H2,1H3;1H. The van der Waals surface area contributed by atoms with Gasteiger partial charge in [0.05, 0.1) is 22.2 Å². The van der Waals surface area contributed by atoms with Crippen molar-refractivity contribution in [2.45, 2.75) is 13.5 Å². The fourth-order valence-corrected chi connectivity index (χ4v) is 2.46. The smallest absolute Gasteiger partial charge is 0.271 e. The second kappa shape index (κ2) is 10.8. The normalized spacial score (nSPS) is 10.0. The number of halogens is 2. The Bertz CT molecular complexity index is 699. The zero-order valence-electron chi connectivity index (χ0n) is 13.8.